The van der Waals surface area contributed by atoms with Gasteiger partial charge in [-0.2, -0.15) is 0 Å². The molecule has 0 saturated carbocycles. The molecular formula is C24H23NO. The molecule has 0 aliphatic rings. The van der Waals surface area contributed by atoms with Gasteiger partial charge >= 0.3 is 0 Å². The van der Waals surface area contributed by atoms with Gasteiger partial charge in [-0.1, -0.05) is 91.0 Å². The van der Waals surface area contributed by atoms with E-state index in [1.165, 1.54) is 5.56 Å². The first-order valence-corrected chi connectivity index (χ1v) is 8.76. The molecule has 0 aromatic heterocycles. The summed E-state index contributed by atoms with van der Waals surface area (Å²) in [5.41, 5.74) is 5.60. The number of carbonyl (C=O) groups is 1. The van der Waals surface area contributed by atoms with Crippen LogP contribution in [0.25, 0.3) is 23.3 Å². The molecule has 3 aromatic carbocycles. The van der Waals surface area contributed by atoms with E-state index >= 15 is 0 Å². The van der Waals surface area contributed by atoms with Crippen molar-refractivity contribution < 1.29 is 4.79 Å². The molecule has 3 rings (SSSR count). The molecule has 130 valence electrons. The van der Waals surface area contributed by atoms with Crippen molar-refractivity contribution in [1.29, 1.82) is 0 Å². The van der Waals surface area contributed by atoms with Crippen LogP contribution in [0.3, 0.4) is 0 Å². The Labute approximate surface area is 155 Å². The first-order chi connectivity index (χ1) is 12.6. The second kappa shape index (κ2) is 8.30. The van der Waals surface area contributed by atoms with Gasteiger partial charge in [-0.25, -0.2) is 0 Å². The highest BCUT2D eigenvalue weighted by Crippen LogP contribution is 2.29. The lowest BCUT2D eigenvalue weighted by Crippen LogP contribution is -2.23. The standard InChI is InChI=1S/C24H23NO/c1-25(2)24(26)18-21-13-7-9-15-23(21)22-14-8-6-12-20(22)17-16-19-10-4-3-5-11-19/h3-17H,18H2,1-2H3/b17-16+. The zero-order valence-electron chi connectivity index (χ0n) is 15.2. The number of nitrogens with zero attached hydrogens (tertiary/aromatic N) is 1. The summed E-state index contributed by atoms with van der Waals surface area (Å²) < 4.78 is 0. The highest BCUT2D eigenvalue weighted by atomic mass is 16.2. The molecule has 0 spiro atoms. The van der Waals surface area contributed by atoms with Crippen LogP contribution >= 0.6 is 0 Å². The Hall–Kier alpha value is -3.13. The van der Waals surface area contributed by atoms with E-state index in [2.05, 4.69) is 42.5 Å². The summed E-state index contributed by atoms with van der Waals surface area (Å²) in [6.07, 6.45) is 4.65. The van der Waals surface area contributed by atoms with Gasteiger partial charge in [0.1, 0.15) is 0 Å². The smallest absolute Gasteiger partial charge is 0.226 e. The van der Waals surface area contributed by atoms with Crippen LogP contribution in [-0.2, 0) is 11.2 Å². The van der Waals surface area contributed by atoms with Crippen LogP contribution in [-0.4, -0.2) is 24.9 Å². The third-order valence-electron chi connectivity index (χ3n) is 4.36. The van der Waals surface area contributed by atoms with Crippen LogP contribution in [0.4, 0.5) is 0 Å². The molecule has 0 aliphatic carbocycles. The van der Waals surface area contributed by atoms with E-state index in [1.807, 2.05) is 48.5 Å². The predicted octanol–water partition coefficient (Wildman–Crippen LogP) is 5.15. The number of likely N-dealkylation sites (N-methyl/N-ethyl adjacent to an activating group) is 1. The van der Waals surface area contributed by atoms with Crippen molar-refractivity contribution in [3.63, 3.8) is 0 Å². The summed E-state index contributed by atoms with van der Waals surface area (Å²) >= 11 is 0. The normalized spacial score (nSPS) is 10.8. The maximum Gasteiger partial charge on any atom is 0.226 e. The van der Waals surface area contributed by atoms with Crippen molar-refractivity contribution in [3.05, 3.63) is 95.6 Å². The fourth-order valence-corrected chi connectivity index (χ4v) is 2.90. The minimum Gasteiger partial charge on any atom is -0.349 e. The van der Waals surface area contributed by atoms with Gasteiger partial charge < -0.3 is 4.90 Å². The molecule has 0 unspecified atom stereocenters. The van der Waals surface area contributed by atoms with Gasteiger partial charge in [0.25, 0.3) is 0 Å². The molecule has 0 bridgehead atoms. The van der Waals surface area contributed by atoms with Crippen molar-refractivity contribution in [2.45, 2.75) is 6.42 Å². The molecule has 0 saturated heterocycles. The Kier molecular flexibility index (Phi) is 5.65. The highest BCUT2D eigenvalue weighted by molar-refractivity contribution is 5.85. The van der Waals surface area contributed by atoms with E-state index in [9.17, 15) is 4.79 Å². The molecule has 0 radical (unpaired) electrons. The van der Waals surface area contributed by atoms with Crippen LogP contribution in [0.15, 0.2) is 78.9 Å². The van der Waals surface area contributed by atoms with Gasteiger partial charge in [0.15, 0.2) is 0 Å². The van der Waals surface area contributed by atoms with Crippen molar-refractivity contribution >= 4 is 18.1 Å². The molecule has 0 aliphatic heterocycles. The summed E-state index contributed by atoms with van der Waals surface area (Å²) in [6.45, 7) is 0. The van der Waals surface area contributed by atoms with Gasteiger partial charge in [-0.05, 0) is 27.8 Å². The van der Waals surface area contributed by atoms with Crippen LogP contribution in [0.5, 0.6) is 0 Å². The average molecular weight is 341 g/mol. The maximum atomic E-state index is 12.2. The average Bonchev–Trinajstić information content (AvgIpc) is 2.68. The fraction of sp³-hybridized carbons (Fsp3) is 0.125. The SMILES string of the molecule is CN(C)C(=O)Cc1ccccc1-c1ccccc1/C=C/c1ccccc1. The Morgan fingerprint density at radius 1 is 0.769 bits per heavy atom. The zero-order chi connectivity index (χ0) is 18.4. The fourth-order valence-electron chi connectivity index (χ4n) is 2.90. The lowest BCUT2D eigenvalue weighted by Gasteiger charge is -2.15. The quantitative estimate of drug-likeness (QED) is 0.587. The summed E-state index contributed by atoms with van der Waals surface area (Å²) in [4.78, 5) is 13.8. The number of amides is 1. The number of hydrogen-bond acceptors (Lipinski definition) is 1. The first kappa shape index (κ1) is 17.7. The molecule has 0 atom stereocenters. The molecule has 26 heavy (non-hydrogen) atoms. The first-order valence-electron chi connectivity index (χ1n) is 8.76. The monoisotopic (exact) mass is 341 g/mol. The lowest BCUT2D eigenvalue weighted by atomic mass is 9.93. The Morgan fingerprint density at radius 3 is 2.12 bits per heavy atom. The van der Waals surface area contributed by atoms with E-state index < -0.39 is 0 Å². The second-order valence-electron chi connectivity index (χ2n) is 6.45. The van der Waals surface area contributed by atoms with Crippen molar-refractivity contribution in [2.75, 3.05) is 14.1 Å². The van der Waals surface area contributed by atoms with Crippen molar-refractivity contribution in [1.82, 2.24) is 4.90 Å². The molecule has 3 aromatic rings. The van der Waals surface area contributed by atoms with Gasteiger partial charge in [-0.3, -0.25) is 4.79 Å². The number of hydrogen-bond donors (Lipinski definition) is 0. The van der Waals surface area contributed by atoms with Gasteiger partial charge in [0.2, 0.25) is 5.91 Å². The maximum absolute atomic E-state index is 12.2. The van der Waals surface area contributed by atoms with E-state index in [1.54, 1.807) is 19.0 Å². The van der Waals surface area contributed by atoms with Crippen LogP contribution in [0, 0.1) is 0 Å². The van der Waals surface area contributed by atoms with Gasteiger partial charge in [0.05, 0.1) is 6.42 Å². The van der Waals surface area contributed by atoms with Crippen molar-refractivity contribution in [2.24, 2.45) is 0 Å². The number of carbonyl (C=O) groups excluding carboxylic acids is 1. The van der Waals surface area contributed by atoms with E-state index in [0.29, 0.717) is 6.42 Å². The van der Waals surface area contributed by atoms with Crippen LogP contribution in [0.1, 0.15) is 16.7 Å². The van der Waals surface area contributed by atoms with E-state index in [0.717, 1.165) is 22.3 Å². The van der Waals surface area contributed by atoms with Crippen molar-refractivity contribution in [3.8, 4) is 11.1 Å². The third kappa shape index (κ3) is 4.28. The third-order valence-corrected chi connectivity index (χ3v) is 4.36. The van der Waals surface area contributed by atoms with Crippen LogP contribution in [0.2, 0.25) is 0 Å². The zero-order valence-corrected chi connectivity index (χ0v) is 15.2. The molecule has 2 heteroatoms. The molecule has 2 nitrogen and oxygen atoms in total. The Morgan fingerprint density at radius 2 is 1.38 bits per heavy atom. The van der Waals surface area contributed by atoms with Crippen LogP contribution < -0.4 is 0 Å². The molecular weight excluding hydrogens is 318 g/mol. The summed E-state index contributed by atoms with van der Waals surface area (Å²) in [7, 11) is 3.59. The number of rotatable bonds is 5. The summed E-state index contributed by atoms with van der Waals surface area (Å²) in [5, 5.41) is 0. The summed E-state index contributed by atoms with van der Waals surface area (Å²) in [6, 6.07) is 26.7. The Bertz CT molecular complexity index is 910. The molecule has 0 N–H and O–H groups in total. The van der Waals surface area contributed by atoms with E-state index in [-0.39, 0.29) is 5.91 Å². The lowest BCUT2D eigenvalue weighted by molar-refractivity contribution is -0.127. The highest BCUT2D eigenvalue weighted by Gasteiger charge is 2.12. The molecule has 0 fully saturated rings. The number of benzene rings is 3. The molecule has 0 heterocycles. The Balaban J connectivity index is 1.98. The largest absolute Gasteiger partial charge is 0.349 e. The predicted molar refractivity (Wildman–Crippen MR) is 110 cm³/mol. The topological polar surface area (TPSA) is 20.3 Å². The summed E-state index contributed by atoms with van der Waals surface area (Å²) in [5.74, 6) is 0.106. The van der Waals surface area contributed by atoms with Gasteiger partial charge in [0, 0.05) is 14.1 Å². The second-order valence-corrected chi connectivity index (χ2v) is 6.45. The van der Waals surface area contributed by atoms with E-state index in [4.69, 9.17) is 0 Å². The minimum absolute atomic E-state index is 0.106. The van der Waals surface area contributed by atoms with Gasteiger partial charge in [-0.15, -0.1) is 0 Å². The minimum atomic E-state index is 0.106. The molecule has 1 amide bonds.